The summed E-state index contributed by atoms with van der Waals surface area (Å²) in [6.07, 6.45) is -4.73. The normalized spacial score (nSPS) is 11.8. The van der Waals surface area contributed by atoms with Gasteiger partial charge in [-0.05, 0) is 55.8 Å². The maximum atomic E-state index is 13.2. The highest BCUT2D eigenvalue weighted by atomic mass is 32.2. The molecule has 2 aromatic heterocycles. The number of carbonyl (C=O) groups is 1. The Hall–Kier alpha value is -4.49. The fourth-order valence-corrected chi connectivity index (χ4v) is 5.88. The summed E-state index contributed by atoms with van der Waals surface area (Å²) in [6.45, 7) is 3.42. The van der Waals surface area contributed by atoms with E-state index in [1.807, 2.05) is 37.3 Å². The van der Waals surface area contributed by atoms with Crippen molar-refractivity contribution in [3.8, 4) is 28.3 Å². The SMILES string of the molecule is Cc1ccc(OS(=O)(=O)c2cccc(C(F)(F)F)c2)c(-c2cc(-c3ccccc3)n(CC(=O)OCc3scnc3C)n2)c1. The van der Waals surface area contributed by atoms with Crippen molar-refractivity contribution in [2.24, 2.45) is 0 Å². The van der Waals surface area contributed by atoms with Gasteiger partial charge in [0, 0.05) is 5.56 Å². The first-order valence-corrected chi connectivity index (χ1v) is 15.1. The molecule has 8 nitrogen and oxygen atoms in total. The predicted molar refractivity (Wildman–Crippen MR) is 154 cm³/mol. The van der Waals surface area contributed by atoms with Crippen molar-refractivity contribution in [2.75, 3.05) is 0 Å². The number of thiazole rings is 1. The summed E-state index contributed by atoms with van der Waals surface area (Å²) in [4.78, 5) is 17.1. The molecule has 0 unspecified atom stereocenters. The molecule has 0 aliphatic carbocycles. The summed E-state index contributed by atoms with van der Waals surface area (Å²) in [7, 11) is -4.66. The van der Waals surface area contributed by atoms with Gasteiger partial charge in [-0.1, -0.05) is 48.0 Å². The van der Waals surface area contributed by atoms with Crippen LogP contribution in [-0.2, 0) is 39.0 Å². The number of hydrogen-bond donors (Lipinski definition) is 0. The monoisotopic (exact) mass is 627 g/mol. The van der Waals surface area contributed by atoms with Crippen LogP contribution >= 0.6 is 11.3 Å². The molecule has 0 bridgehead atoms. The van der Waals surface area contributed by atoms with Crippen LogP contribution in [0.2, 0.25) is 0 Å². The van der Waals surface area contributed by atoms with Gasteiger partial charge in [-0.3, -0.25) is 9.48 Å². The molecule has 0 radical (unpaired) electrons. The third kappa shape index (κ3) is 6.95. The Labute approximate surface area is 249 Å². The summed E-state index contributed by atoms with van der Waals surface area (Å²) in [5.74, 6) is -0.692. The highest BCUT2D eigenvalue weighted by molar-refractivity contribution is 7.87. The van der Waals surface area contributed by atoms with E-state index in [-0.39, 0.29) is 30.2 Å². The fourth-order valence-electron chi connectivity index (χ4n) is 4.20. The van der Waals surface area contributed by atoms with Crippen molar-refractivity contribution in [3.05, 3.63) is 106 Å². The van der Waals surface area contributed by atoms with E-state index in [0.29, 0.717) is 11.8 Å². The van der Waals surface area contributed by atoms with E-state index in [0.717, 1.165) is 39.9 Å². The number of carbonyl (C=O) groups excluding carboxylic acids is 1. The van der Waals surface area contributed by atoms with Gasteiger partial charge in [0.05, 0.1) is 33.0 Å². The molecule has 13 heteroatoms. The molecule has 3 aromatic carbocycles. The van der Waals surface area contributed by atoms with Gasteiger partial charge in [-0.15, -0.1) is 11.3 Å². The summed E-state index contributed by atoms with van der Waals surface area (Å²) in [5, 5.41) is 4.59. The molecule has 0 saturated carbocycles. The van der Waals surface area contributed by atoms with Crippen LogP contribution in [-0.4, -0.2) is 29.2 Å². The number of halogens is 3. The highest BCUT2D eigenvalue weighted by Gasteiger charge is 2.32. The van der Waals surface area contributed by atoms with E-state index in [9.17, 15) is 26.4 Å². The Morgan fingerprint density at radius 3 is 2.44 bits per heavy atom. The molecule has 0 spiro atoms. The number of alkyl halides is 3. The molecular formula is C30H24F3N3O5S2. The first-order chi connectivity index (χ1) is 20.4. The lowest BCUT2D eigenvalue weighted by atomic mass is 10.1. The summed E-state index contributed by atoms with van der Waals surface area (Å²) in [6, 6.07) is 18.8. The van der Waals surface area contributed by atoms with Crippen molar-refractivity contribution in [2.45, 2.75) is 38.1 Å². The molecule has 222 valence electrons. The largest absolute Gasteiger partial charge is 0.459 e. The standard InChI is InChI=1S/C30H24F3N3O5S2/c1-19-11-12-27(41-43(38,39)23-10-6-9-22(14-23)30(31,32)33)24(13-19)25-15-26(21-7-4-3-5-8-21)36(35-25)16-29(37)40-17-28-20(2)34-18-42-28/h3-15,18H,16-17H2,1-2H3. The second-order valence-corrected chi connectivity index (χ2v) is 12.0. The lowest BCUT2D eigenvalue weighted by Crippen LogP contribution is -2.15. The first-order valence-electron chi connectivity index (χ1n) is 12.8. The van der Waals surface area contributed by atoms with E-state index >= 15 is 0 Å². The van der Waals surface area contributed by atoms with Gasteiger partial charge in [0.1, 0.15) is 18.0 Å². The summed E-state index contributed by atoms with van der Waals surface area (Å²) < 4.78 is 78.2. The molecule has 5 rings (SSSR count). The summed E-state index contributed by atoms with van der Waals surface area (Å²) >= 11 is 1.38. The highest BCUT2D eigenvalue weighted by Crippen LogP contribution is 2.36. The number of esters is 1. The molecule has 0 atom stereocenters. The van der Waals surface area contributed by atoms with Gasteiger partial charge in [0.25, 0.3) is 0 Å². The number of aromatic nitrogens is 3. The Bertz CT molecular complexity index is 1880. The average Bonchev–Trinajstić information content (AvgIpc) is 3.58. The van der Waals surface area contributed by atoms with Crippen molar-refractivity contribution in [1.29, 1.82) is 0 Å². The van der Waals surface area contributed by atoms with Crippen LogP contribution in [0.3, 0.4) is 0 Å². The second-order valence-electron chi connectivity index (χ2n) is 9.52. The van der Waals surface area contributed by atoms with E-state index < -0.39 is 32.7 Å². The zero-order valence-corrected chi connectivity index (χ0v) is 24.5. The van der Waals surface area contributed by atoms with E-state index in [4.69, 9.17) is 8.92 Å². The smallest absolute Gasteiger partial charge is 0.416 e. The van der Waals surface area contributed by atoms with Crippen LogP contribution in [0.4, 0.5) is 13.2 Å². The predicted octanol–water partition coefficient (Wildman–Crippen LogP) is 6.82. The summed E-state index contributed by atoms with van der Waals surface area (Å²) in [5.41, 5.74) is 3.90. The van der Waals surface area contributed by atoms with Gasteiger partial charge in [-0.25, -0.2) is 4.98 Å². The van der Waals surface area contributed by atoms with Gasteiger partial charge in [0.15, 0.2) is 5.75 Å². The van der Waals surface area contributed by atoms with Gasteiger partial charge in [-0.2, -0.15) is 26.7 Å². The fraction of sp³-hybridized carbons (Fsp3) is 0.167. The minimum Gasteiger partial charge on any atom is -0.459 e. The number of nitrogens with zero attached hydrogens (tertiary/aromatic N) is 3. The molecule has 43 heavy (non-hydrogen) atoms. The van der Waals surface area contributed by atoms with Crippen LogP contribution in [0.5, 0.6) is 5.75 Å². The molecular weight excluding hydrogens is 603 g/mol. The Morgan fingerprint density at radius 1 is 0.977 bits per heavy atom. The molecule has 2 heterocycles. The van der Waals surface area contributed by atoms with Crippen LogP contribution < -0.4 is 4.18 Å². The Kier molecular flexibility index (Phi) is 8.38. The van der Waals surface area contributed by atoms with E-state index in [1.165, 1.54) is 22.1 Å². The molecule has 0 amide bonds. The number of hydrogen-bond acceptors (Lipinski definition) is 8. The molecule has 0 fully saturated rings. The van der Waals surface area contributed by atoms with Gasteiger partial charge >= 0.3 is 22.3 Å². The number of benzene rings is 3. The van der Waals surface area contributed by atoms with Crippen LogP contribution in [0, 0.1) is 13.8 Å². The number of aryl methyl sites for hydroxylation is 2. The Morgan fingerprint density at radius 2 is 1.74 bits per heavy atom. The number of rotatable bonds is 9. The van der Waals surface area contributed by atoms with Crippen molar-refractivity contribution in [3.63, 3.8) is 0 Å². The average molecular weight is 628 g/mol. The lowest BCUT2D eigenvalue weighted by Gasteiger charge is -2.13. The minimum atomic E-state index is -4.73. The van der Waals surface area contributed by atoms with Crippen molar-refractivity contribution < 1.29 is 35.3 Å². The van der Waals surface area contributed by atoms with Crippen LogP contribution in [0.25, 0.3) is 22.5 Å². The van der Waals surface area contributed by atoms with Crippen LogP contribution in [0.1, 0.15) is 21.7 Å². The Balaban J connectivity index is 1.50. The number of ether oxygens (including phenoxy) is 1. The third-order valence-corrected chi connectivity index (χ3v) is 8.54. The van der Waals surface area contributed by atoms with Gasteiger partial charge in [0.2, 0.25) is 0 Å². The zero-order chi connectivity index (χ0) is 30.8. The quantitative estimate of drug-likeness (QED) is 0.131. The molecule has 0 aliphatic rings. The first kappa shape index (κ1) is 30.0. The molecule has 5 aromatic rings. The van der Waals surface area contributed by atoms with Crippen molar-refractivity contribution in [1.82, 2.24) is 14.8 Å². The minimum absolute atomic E-state index is 0.0629. The molecule has 0 aliphatic heterocycles. The second kappa shape index (κ2) is 12.0. The molecule has 0 saturated heterocycles. The van der Waals surface area contributed by atoms with E-state index in [1.54, 1.807) is 30.6 Å². The maximum Gasteiger partial charge on any atom is 0.416 e. The van der Waals surface area contributed by atoms with E-state index in [2.05, 4.69) is 10.1 Å². The van der Waals surface area contributed by atoms with Crippen molar-refractivity contribution >= 4 is 27.4 Å². The van der Waals surface area contributed by atoms with Gasteiger partial charge < -0.3 is 8.92 Å². The topological polar surface area (TPSA) is 100 Å². The maximum absolute atomic E-state index is 13.2. The third-order valence-electron chi connectivity index (χ3n) is 6.40. The zero-order valence-electron chi connectivity index (χ0n) is 22.8. The van der Waals surface area contributed by atoms with Crippen LogP contribution in [0.15, 0.2) is 89.3 Å². The molecule has 0 N–H and O–H groups in total. The lowest BCUT2D eigenvalue weighted by molar-refractivity contribution is -0.145.